The number of carbonyl (C=O) groups excluding carboxylic acids is 1. The first kappa shape index (κ1) is 15.3. The van der Waals surface area contributed by atoms with E-state index in [1.54, 1.807) is 4.68 Å². The SMILES string of the molecule is Cc1nn(C)c(C)c1NC(=O)CN[C@@H](C)c1ccccc1. The van der Waals surface area contributed by atoms with Crippen LogP contribution in [0.5, 0.6) is 0 Å². The molecule has 0 bridgehead atoms. The first-order valence-electron chi connectivity index (χ1n) is 7.07. The first-order chi connectivity index (χ1) is 9.99. The zero-order chi connectivity index (χ0) is 15.4. The van der Waals surface area contributed by atoms with Gasteiger partial charge in [0.15, 0.2) is 0 Å². The van der Waals surface area contributed by atoms with Gasteiger partial charge in [-0.05, 0) is 26.3 Å². The van der Waals surface area contributed by atoms with Crippen molar-refractivity contribution in [1.82, 2.24) is 15.1 Å². The van der Waals surface area contributed by atoms with Crippen molar-refractivity contribution in [3.63, 3.8) is 0 Å². The van der Waals surface area contributed by atoms with Gasteiger partial charge in [0.05, 0.1) is 23.6 Å². The molecule has 1 aromatic heterocycles. The van der Waals surface area contributed by atoms with E-state index in [-0.39, 0.29) is 18.5 Å². The van der Waals surface area contributed by atoms with Crippen LogP contribution in [0.2, 0.25) is 0 Å². The zero-order valence-corrected chi connectivity index (χ0v) is 13.0. The van der Waals surface area contributed by atoms with Crippen LogP contribution >= 0.6 is 0 Å². The number of nitrogens with zero attached hydrogens (tertiary/aromatic N) is 2. The number of aromatic nitrogens is 2. The van der Waals surface area contributed by atoms with Gasteiger partial charge in [-0.25, -0.2) is 0 Å². The average Bonchev–Trinajstić information content (AvgIpc) is 2.72. The normalized spacial score (nSPS) is 12.2. The van der Waals surface area contributed by atoms with Crippen molar-refractivity contribution in [2.45, 2.75) is 26.8 Å². The average molecular weight is 286 g/mol. The third-order valence-corrected chi connectivity index (χ3v) is 3.64. The highest BCUT2D eigenvalue weighted by Gasteiger charge is 2.13. The molecule has 0 radical (unpaired) electrons. The molecule has 1 atom stereocenters. The van der Waals surface area contributed by atoms with Crippen molar-refractivity contribution in [1.29, 1.82) is 0 Å². The first-order valence-corrected chi connectivity index (χ1v) is 7.07. The number of benzene rings is 1. The summed E-state index contributed by atoms with van der Waals surface area (Å²) >= 11 is 0. The Kier molecular flexibility index (Phi) is 4.75. The summed E-state index contributed by atoms with van der Waals surface area (Å²) in [5.41, 5.74) is 3.76. The molecule has 0 fully saturated rings. The third kappa shape index (κ3) is 3.70. The minimum absolute atomic E-state index is 0.0584. The van der Waals surface area contributed by atoms with Gasteiger partial charge in [-0.15, -0.1) is 0 Å². The Morgan fingerprint density at radius 2 is 1.95 bits per heavy atom. The Morgan fingerprint density at radius 3 is 2.52 bits per heavy atom. The van der Waals surface area contributed by atoms with Crippen molar-refractivity contribution < 1.29 is 4.79 Å². The van der Waals surface area contributed by atoms with Crippen LogP contribution in [-0.4, -0.2) is 22.2 Å². The van der Waals surface area contributed by atoms with Crippen LogP contribution in [0.3, 0.4) is 0 Å². The molecular weight excluding hydrogens is 264 g/mol. The molecule has 1 amide bonds. The van der Waals surface area contributed by atoms with E-state index in [0.717, 1.165) is 17.1 Å². The molecule has 5 heteroatoms. The van der Waals surface area contributed by atoms with Crippen LogP contribution in [0.4, 0.5) is 5.69 Å². The fourth-order valence-corrected chi connectivity index (χ4v) is 2.24. The maximum Gasteiger partial charge on any atom is 0.238 e. The summed E-state index contributed by atoms with van der Waals surface area (Å²) in [5, 5.41) is 10.4. The topological polar surface area (TPSA) is 59.0 Å². The van der Waals surface area contributed by atoms with E-state index in [4.69, 9.17) is 0 Å². The number of amides is 1. The lowest BCUT2D eigenvalue weighted by molar-refractivity contribution is -0.115. The number of anilines is 1. The lowest BCUT2D eigenvalue weighted by Crippen LogP contribution is -2.30. The molecule has 112 valence electrons. The predicted molar refractivity (Wildman–Crippen MR) is 84.2 cm³/mol. The Hall–Kier alpha value is -2.14. The van der Waals surface area contributed by atoms with Crippen LogP contribution in [0, 0.1) is 13.8 Å². The van der Waals surface area contributed by atoms with Gasteiger partial charge < -0.3 is 10.6 Å². The lowest BCUT2D eigenvalue weighted by Gasteiger charge is -2.14. The van der Waals surface area contributed by atoms with E-state index < -0.39 is 0 Å². The molecule has 2 rings (SSSR count). The predicted octanol–water partition coefficient (Wildman–Crippen LogP) is 2.33. The zero-order valence-electron chi connectivity index (χ0n) is 13.0. The molecule has 2 N–H and O–H groups in total. The Balaban J connectivity index is 1.91. The molecular formula is C16H22N4O. The molecule has 1 heterocycles. The molecule has 0 aliphatic heterocycles. The van der Waals surface area contributed by atoms with E-state index >= 15 is 0 Å². The summed E-state index contributed by atoms with van der Waals surface area (Å²) in [7, 11) is 1.87. The highest BCUT2D eigenvalue weighted by Crippen LogP contribution is 2.18. The van der Waals surface area contributed by atoms with Gasteiger partial charge in [-0.2, -0.15) is 5.10 Å². The second-order valence-corrected chi connectivity index (χ2v) is 5.23. The monoisotopic (exact) mass is 286 g/mol. The minimum atomic E-state index is -0.0584. The second kappa shape index (κ2) is 6.54. The second-order valence-electron chi connectivity index (χ2n) is 5.23. The number of carbonyl (C=O) groups is 1. The highest BCUT2D eigenvalue weighted by molar-refractivity contribution is 5.93. The van der Waals surface area contributed by atoms with E-state index in [1.165, 1.54) is 5.56 Å². The minimum Gasteiger partial charge on any atom is -0.322 e. The van der Waals surface area contributed by atoms with Gasteiger partial charge in [0.2, 0.25) is 5.91 Å². The largest absolute Gasteiger partial charge is 0.322 e. The third-order valence-electron chi connectivity index (χ3n) is 3.64. The maximum absolute atomic E-state index is 12.1. The van der Waals surface area contributed by atoms with Crippen LogP contribution in [0.1, 0.15) is 29.9 Å². The maximum atomic E-state index is 12.1. The standard InChI is InChI=1S/C16H22N4O/c1-11(14-8-6-5-7-9-14)17-10-15(21)18-16-12(2)19-20(4)13(16)3/h5-9,11,17H,10H2,1-4H3,(H,18,21)/t11-/m0/s1. The van der Waals surface area contributed by atoms with Gasteiger partial charge in [0.1, 0.15) is 0 Å². The van der Waals surface area contributed by atoms with Gasteiger partial charge in [0, 0.05) is 13.1 Å². The van der Waals surface area contributed by atoms with Crippen LogP contribution in [-0.2, 0) is 11.8 Å². The van der Waals surface area contributed by atoms with Gasteiger partial charge in [-0.3, -0.25) is 9.48 Å². The van der Waals surface area contributed by atoms with Gasteiger partial charge in [-0.1, -0.05) is 30.3 Å². The number of hydrogen-bond acceptors (Lipinski definition) is 3. The number of aryl methyl sites for hydroxylation is 2. The molecule has 0 aliphatic rings. The van der Waals surface area contributed by atoms with E-state index in [0.29, 0.717) is 0 Å². The number of hydrogen-bond donors (Lipinski definition) is 2. The summed E-state index contributed by atoms with van der Waals surface area (Å²) in [6.07, 6.45) is 0. The molecule has 21 heavy (non-hydrogen) atoms. The molecule has 0 unspecified atom stereocenters. The van der Waals surface area contributed by atoms with Crippen molar-refractivity contribution in [3.8, 4) is 0 Å². The molecule has 2 aromatic rings. The van der Waals surface area contributed by atoms with Crippen LogP contribution < -0.4 is 10.6 Å². The Labute approximate surface area is 125 Å². The quantitative estimate of drug-likeness (QED) is 0.887. The van der Waals surface area contributed by atoms with Crippen molar-refractivity contribution in [2.75, 3.05) is 11.9 Å². The summed E-state index contributed by atoms with van der Waals surface area (Å²) in [4.78, 5) is 12.1. The van der Waals surface area contributed by atoms with Gasteiger partial charge >= 0.3 is 0 Å². The van der Waals surface area contributed by atoms with E-state index in [2.05, 4.69) is 15.7 Å². The van der Waals surface area contributed by atoms with E-state index in [9.17, 15) is 4.79 Å². The van der Waals surface area contributed by atoms with Crippen LogP contribution in [0.25, 0.3) is 0 Å². The number of nitrogens with one attached hydrogen (secondary N) is 2. The van der Waals surface area contributed by atoms with Crippen LogP contribution in [0.15, 0.2) is 30.3 Å². The molecule has 0 saturated heterocycles. The molecule has 5 nitrogen and oxygen atoms in total. The number of rotatable bonds is 5. The molecule has 1 aromatic carbocycles. The summed E-state index contributed by atoms with van der Waals surface area (Å²) in [5.74, 6) is -0.0584. The smallest absolute Gasteiger partial charge is 0.238 e. The molecule has 0 saturated carbocycles. The van der Waals surface area contributed by atoms with Crippen molar-refractivity contribution in [3.05, 3.63) is 47.3 Å². The fourth-order valence-electron chi connectivity index (χ4n) is 2.24. The summed E-state index contributed by atoms with van der Waals surface area (Å²) in [6, 6.07) is 10.2. The summed E-state index contributed by atoms with van der Waals surface area (Å²) in [6.45, 7) is 6.14. The van der Waals surface area contributed by atoms with E-state index in [1.807, 2.05) is 58.2 Å². The highest BCUT2D eigenvalue weighted by atomic mass is 16.1. The summed E-state index contributed by atoms with van der Waals surface area (Å²) < 4.78 is 1.77. The Bertz CT molecular complexity index is 619. The van der Waals surface area contributed by atoms with Gasteiger partial charge in [0.25, 0.3) is 0 Å². The Morgan fingerprint density at radius 1 is 1.29 bits per heavy atom. The fraction of sp³-hybridized carbons (Fsp3) is 0.375. The molecule has 0 aliphatic carbocycles. The molecule has 0 spiro atoms. The van der Waals surface area contributed by atoms with Crippen molar-refractivity contribution >= 4 is 11.6 Å². The van der Waals surface area contributed by atoms with Crippen molar-refractivity contribution in [2.24, 2.45) is 7.05 Å². The lowest BCUT2D eigenvalue weighted by atomic mass is 10.1.